The normalized spacial score (nSPS) is 11.9. The molecule has 0 aliphatic rings. The van der Waals surface area contributed by atoms with E-state index in [-0.39, 0.29) is 10.8 Å². The standard InChI is InChI=1S/C20H24ClN3O2/c1-2-3-4-5-6-7-10-13-26-20(25)15(14-22)18-19(21)24-17-12-9-8-11-16(17)23-18/h8-9,11-12,15H,2-7,10,13H2,1H3/t15-/m1/s1. The van der Waals surface area contributed by atoms with Gasteiger partial charge in [0.2, 0.25) is 0 Å². The molecule has 0 bridgehead atoms. The van der Waals surface area contributed by atoms with Crippen molar-refractivity contribution in [2.45, 2.75) is 57.8 Å². The van der Waals surface area contributed by atoms with E-state index in [0.29, 0.717) is 17.6 Å². The van der Waals surface area contributed by atoms with Crippen molar-refractivity contribution in [2.75, 3.05) is 6.61 Å². The van der Waals surface area contributed by atoms with Gasteiger partial charge in [-0.1, -0.05) is 69.2 Å². The Morgan fingerprint density at radius 3 is 2.38 bits per heavy atom. The van der Waals surface area contributed by atoms with Gasteiger partial charge in [-0.05, 0) is 18.6 Å². The predicted molar refractivity (Wildman–Crippen MR) is 102 cm³/mol. The minimum atomic E-state index is -1.16. The van der Waals surface area contributed by atoms with Gasteiger partial charge in [0.1, 0.15) is 5.69 Å². The number of hydrogen-bond acceptors (Lipinski definition) is 5. The molecule has 26 heavy (non-hydrogen) atoms. The van der Waals surface area contributed by atoms with Crippen LogP contribution in [0.4, 0.5) is 0 Å². The largest absolute Gasteiger partial charge is 0.464 e. The molecule has 0 saturated carbocycles. The molecule has 0 aliphatic heterocycles. The van der Waals surface area contributed by atoms with E-state index in [1.807, 2.05) is 18.2 Å². The summed E-state index contributed by atoms with van der Waals surface area (Å²) in [5.41, 5.74) is 1.36. The van der Waals surface area contributed by atoms with Crippen molar-refractivity contribution in [3.05, 3.63) is 35.1 Å². The lowest BCUT2D eigenvalue weighted by Crippen LogP contribution is -2.17. The Morgan fingerprint density at radius 2 is 1.73 bits per heavy atom. The van der Waals surface area contributed by atoms with Crippen molar-refractivity contribution in [1.82, 2.24) is 9.97 Å². The Kier molecular flexibility index (Phi) is 8.30. The number of carbonyl (C=O) groups excluding carboxylic acids is 1. The zero-order chi connectivity index (χ0) is 18.8. The molecule has 2 rings (SSSR count). The minimum absolute atomic E-state index is 0.0584. The van der Waals surface area contributed by atoms with Crippen LogP contribution in [0.3, 0.4) is 0 Å². The molecule has 6 heteroatoms. The van der Waals surface area contributed by atoms with Crippen molar-refractivity contribution >= 4 is 28.6 Å². The molecule has 0 saturated heterocycles. The van der Waals surface area contributed by atoms with Crippen molar-refractivity contribution in [3.8, 4) is 6.07 Å². The van der Waals surface area contributed by atoms with Gasteiger partial charge in [-0.25, -0.2) is 9.97 Å². The van der Waals surface area contributed by atoms with E-state index < -0.39 is 11.9 Å². The number of hydrogen-bond donors (Lipinski definition) is 0. The summed E-state index contributed by atoms with van der Waals surface area (Å²) >= 11 is 6.13. The van der Waals surface area contributed by atoms with E-state index in [1.54, 1.807) is 12.1 Å². The maximum Gasteiger partial charge on any atom is 0.329 e. The van der Waals surface area contributed by atoms with Gasteiger partial charge < -0.3 is 4.74 Å². The smallest absolute Gasteiger partial charge is 0.329 e. The molecule has 0 unspecified atom stereocenters. The van der Waals surface area contributed by atoms with Crippen LogP contribution in [-0.2, 0) is 9.53 Å². The van der Waals surface area contributed by atoms with Crippen LogP contribution in [0.1, 0.15) is 63.5 Å². The number of rotatable bonds is 10. The lowest BCUT2D eigenvalue weighted by molar-refractivity contribution is -0.144. The number of ether oxygens (including phenoxy) is 1. The molecule has 0 aliphatic carbocycles. The van der Waals surface area contributed by atoms with Crippen LogP contribution in [0.5, 0.6) is 0 Å². The third-order valence-corrected chi connectivity index (χ3v) is 4.46. The molecule has 0 radical (unpaired) electrons. The highest BCUT2D eigenvalue weighted by atomic mass is 35.5. The van der Waals surface area contributed by atoms with E-state index >= 15 is 0 Å². The van der Waals surface area contributed by atoms with Crippen LogP contribution >= 0.6 is 11.6 Å². The number of nitrogens with zero attached hydrogens (tertiary/aromatic N) is 3. The van der Waals surface area contributed by atoms with Crippen LogP contribution in [0, 0.1) is 11.3 Å². The number of unbranched alkanes of at least 4 members (excludes halogenated alkanes) is 6. The Balaban J connectivity index is 1.89. The van der Waals surface area contributed by atoms with E-state index in [9.17, 15) is 10.1 Å². The average molecular weight is 374 g/mol. The Bertz CT molecular complexity index is 773. The number of halogens is 1. The summed E-state index contributed by atoms with van der Waals surface area (Å²) in [4.78, 5) is 20.8. The maximum absolute atomic E-state index is 12.3. The second-order valence-corrected chi connectivity index (χ2v) is 6.60. The molecule has 1 atom stereocenters. The summed E-state index contributed by atoms with van der Waals surface area (Å²) in [6.07, 6.45) is 7.93. The van der Waals surface area contributed by atoms with Gasteiger partial charge in [-0.2, -0.15) is 5.26 Å². The molecule has 5 nitrogen and oxygen atoms in total. The zero-order valence-corrected chi connectivity index (χ0v) is 15.8. The van der Waals surface area contributed by atoms with Gasteiger partial charge in [-0.15, -0.1) is 0 Å². The van der Waals surface area contributed by atoms with Gasteiger partial charge >= 0.3 is 5.97 Å². The van der Waals surface area contributed by atoms with Gasteiger partial charge in [0, 0.05) is 0 Å². The SMILES string of the molecule is CCCCCCCCCOC(=O)[C@H](C#N)c1nc2ccccc2nc1Cl. The van der Waals surface area contributed by atoms with Crippen molar-refractivity contribution < 1.29 is 9.53 Å². The fourth-order valence-corrected chi connectivity index (χ4v) is 2.96. The molecule has 1 heterocycles. The fourth-order valence-electron chi connectivity index (χ4n) is 2.72. The molecule has 0 amide bonds. The van der Waals surface area contributed by atoms with Crippen molar-refractivity contribution in [3.63, 3.8) is 0 Å². The minimum Gasteiger partial charge on any atom is -0.464 e. The van der Waals surface area contributed by atoms with E-state index in [4.69, 9.17) is 16.3 Å². The monoisotopic (exact) mass is 373 g/mol. The van der Waals surface area contributed by atoms with Gasteiger partial charge in [0.15, 0.2) is 11.1 Å². The number of carbonyl (C=O) groups is 1. The first-order chi connectivity index (χ1) is 12.7. The summed E-state index contributed by atoms with van der Waals surface area (Å²) in [6.45, 7) is 2.50. The summed E-state index contributed by atoms with van der Waals surface area (Å²) in [5.74, 6) is -1.78. The number of benzene rings is 1. The van der Waals surface area contributed by atoms with Crippen LogP contribution in [0.2, 0.25) is 5.15 Å². The van der Waals surface area contributed by atoms with Crippen LogP contribution in [-0.4, -0.2) is 22.5 Å². The van der Waals surface area contributed by atoms with E-state index in [2.05, 4.69) is 16.9 Å². The number of nitriles is 1. The quantitative estimate of drug-likeness (QED) is 0.423. The third-order valence-electron chi connectivity index (χ3n) is 4.18. The van der Waals surface area contributed by atoms with Crippen molar-refractivity contribution in [2.24, 2.45) is 0 Å². The summed E-state index contributed by atoms with van der Waals surface area (Å²) in [5, 5.41) is 9.45. The summed E-state index contributed by atoms with van der Waals surface area (Å²) in [6, 6.07) is 9.12. The molecule has 0 fully saturated rings. The van der Waals surface area contributed by atoms with Gasteiger partial charge in [0.05, 0.1) is 23.7 Å². The molecule has 138 valence electrons. The molecular weight excluding hydrogens is 350 g/mol. The lowest BCUT2D eigenvalue weighted by Gasteiger charge is -2.11. The van der Waals surface area contributed by atoms with Crippen LogP contribution in [0.25, 0.3) is 11.0 Å². The molecule has 1 aromatic heterocycles. The molecule has 0 N–H and O–H groups in total. The maximum atomic E-state index is 12.3. The van der Waals surface area contributed by atoms with Crippen LogP contribution < -0.4 is 0 Å². The average Bonchev–Trinajstić information content (AvgIpc) is 2.65. The highest BCUT2D eigenvalue weighted by Gasteiger charge is 2.27. The highest BCUT2D eigenvalue weighted by Crippen LogP contribution is 2.24. The van der Waals surface area contributed by atoms with Gasteiger partial charge in [0.25, 0.3) is 0 Å². The molecule has 1 aromatic carbocycles. The Hall–Kier alpha value is -2.19. The fraction of sp³-hybridized carbons (Fsp3) is 0.500. The second kappa shape index (κ2) is 10.7. The molecule has 2 aromatic rings. The second-order valence-electron chi connectivity index (χ2n) is 6.24. The third kappa shape index (κ3) is 5.67. The first-order valence-electron chi connectivity index (χ1n) is 9.15. The van der Waals surface area contributed by atoms with Crippen LogP contribution in [0.15, 0.2) is 24.3 Å². The zero-order valence-electron chi connectivity index (χ0n) is 15.1. The number of para-hydroxylation sites is 2. The first kappa shape index (κ1) is 20.1. The van der Waals surface area contributed by atoms with E-state index in [1.165, 1.54) is 25.7 Å². The Labute approximate surface area is 159 Å². The summed E-state index contributed by atoms with van der Waals surface area (Å²) < 4.78 is 5.26. The van der Waals surface area contributed by atoms with E-state index in [0.717, 1.165) is 19.3 Å². The number of aromatic nitrogens is 2. The van der Waals surface area contributed by atoms with Gasteiger partial charge in [-0.3, -0.25) is 4.79 Å². The first-order valence-corrected chi connectivity index (χ1v) is 9.53. The summed E-state index contributed by atoms with van der Waals surface area (Å²) in [7, 11) is 0. The number of esters is 1. The molecule has 0 spiro atoms. The predicted octanol–water partition coefficient (Wildman–Crippen LogP) is 5.18. The number of fused-ring (bicyclic) bond motifs is 1. The molecular formula is C20H24ClN3O2. The topological polar surface area (TPSA) is 75.9 Å². The lowest BCUT2D eigenvalue weighted by atomic mass is 10.1. The Morgan fingerprint density at radius 1 is 1.12 bits per heavy atom. The van der Waals surface area contributed by atoms with Crippen molar-refractivity contribution in [1.29, 1.82) is 5.26 Å². The highest BCUT2D eigenvalue weighted by molar-refractivity contribution is 6.30.